The second-order valence-corrected chi connectivity index (χ2v) is 16.9. The van der Waals surface area contributed by atoms with Gasteiger partial charge in [-0.15, -0.1) is 0 Å². The van der Waals surface area contributed by atoms with Crippen LogP contribution in [0, 0.1) is 28.1 Å². The van der Waals surface area contributed by atoms with E-state index < -0.39 is 105 Å². The number of aliphatic hydroxyl groups is 2. The third-order valence-corrected chi connectivity index (χ3v) is 14.7. The quantitative estimate of drug-likeness (QED) is 0.223. The molecule has 1 spiro atoms. The van der Waals surface area contributed by atoms with Crippen molar-refractivity contribution in [3.63, 3.8) is 0 Å². The third kappa shape index (κ3) is 3.68. The number of hydrogen-bond donors (Lipinski definition) is 2. The zero-order valence-corrected chi connectivity index (χ0v) is 31.5. The van der Waals surface area contributed by atoms with Crippen LogP contribution in [-0.4, -0.2) is 87.9 Å². The van der Waals surface area contributed by atoms with E-state index in [1.165, 1.54) is 32.6 Å². The van der Waals surface area contributed by atoms with Gasteiger partial charge in [0.2, 0.25) is 5.60 Å². The largest absolute Gasteiger partial charge is 0.472 e. The number of methoxy groups -OCH3 is 1. The van der Waals surface area contributed by atoms with Gasteiger partial charge in [0.05, 0.1) is 25.7 Å². The Hall–Kier alpha value is -3.56. The van der Waals surface area contributed by atoms with Crippen molar-refractivity contribution in [2.75, 3.05) is 7.11 Å². The molecule has 1 aromatic heterocycles. The van der Waals surface area contributed by atoms with E-state index in [1.54, 1.807) is 39.8 Å². The average Bonchev–Trinajstić information content (AvgIpc) is 3.90. The Morgan fingerprint density at radius 1 is 1.15 bits per heavy atom. The summed E-state index contributed by atoms with van der Waals surface area (Å²) in [6, 6.07) is 1.67. The maximum atomic E-state index is 13.9. The van der Waals surface area contributed by atoms with Gasteiger partial charge in [0, 0.05) is 52.7 Å². The molecule has 2 saturated heterocycles. The highest BCUT2D eigenvalue weighted by atomic mass is 17.0. The molecule has 14 atom stereocenters. The molecule has 53 heavy (non-hydrogen) atoms. The molecule has 4 heterocycles. The number of carbonyl (C=O) groups excluding carboxylic acids is 4. The number of allylic oxidation sites excluding steroid dienone is 1. The lowest BCUT2D eigenvalue weighted by Crippen LogP contribution is -2.95. The zero-order chi connectivity index (χ0) is 38.5. The van der Waals surface area contributed by atoms with E-state index in [4.69, 9.17) is 37.6 Å². The molecule has 14 nitrogen and oxygen atoms in total. The molecule has 4 bridgehead atoms. The van der Waals surface area contributed by atoms with Crippen LogP contribution in [0.15, 0.2) is 46.3 Å². The van der Waals surface area contributed by atoms with E-state index >= 15 is 0 Å². The number of fused-ring (bicyclic) bond motifs is 4. The van der Waals surface area contributed by atoms with Crippen molar-refractivity contribution in [2.45, 2.75) is 134 Å². The van der Waals surface area contributed by atoms with E-state index in [0.29, 0.717) is 17.6 Å². The molecule has 14 heteroatoms. The first-order valence-electron chi connectivity index (χ1n) is 18.3. The lowest BCUT2D eigenvalue weighted by molar-refractivity contribution is -0.465. The summed E-state index contributed by atoms with van der Waals surface area (Å²) in [5, 5.41) is 26.9. The van der Waals surface area contributed by atoms with Crippen LogP contribution in [-0.2, 0) is 52.3 Å². The van der Waals surface area contributed by atoms with Gasteiger partial charge in [-0.1, -0.05) is 40.7 Å². The van der Waals surface area contributed by atoms with Gasteiger partial charge in [0.25, 0.3) is 5.97 Å². The molecular formula is C39H48O14. The van der Waals surface area contributed by atoms with Gasteiger partial charge >= 0.3 is 23.9 Å². The molecule has 0 radical (unpaired) electrons. The smallest absolute Gasteiger partial charge is 0.333 e. The minimum atomic E-state index is -2.23. The van der Waals surface area contributed by atoms with E-state index in [0.717, 1.165) is 0 Å². The first kappa shape index (κ1) is 36.4. The Kier molecular flexibility index (Phi) is 7.43. The molecule has 7 aliphatic rings. The Bertz CT molecular complexity index is 1870. The standard InChI is InChI=1S/C39H48O14/c1-10-19(3)29(44)49-30-33(7)18-35(45)34(8,23(33)14-26(42)46-9)38-25(41)16-32(6)24(15-27(43)48-28(32)22-12-13-47-17-22)36(38)31(37(30,35)50-21(5)40)51-39(52-36,53-38)20(4)11-2/h10,12-13,15,17,20,23,25,28,30-31,41,45H,11,14,16,18H2,1-9H3/b19-10+/t20-,23+,25-,28+,30+,31+,32-,33-,34-,35-,36-,37+,38+,39-/m1/s1. The van der Waals surface area contributed by atoms with Crippen molar-refractivity contribution < 1.29 is 67.0 Å². The Labute approximate surface area is 307 Å². The number of rotatable bonds is 8. The number of aliphatic hydroxyl groups excluding tert-OH is 1. The van der Waals surface area contributed by atoms with Crippen molar-refractivity contribution in [3.8, 4) is 0 Å². The van der Waals surface area contributed by atoms with Gasteiger partial charge in [-0.05, 0) is 50.7 Å². The van der Waals surface area contributed by atoms with Gasteiger partial charge in [-0.2, -0.15) is 0 Å². The van der Waals surface area contributed by atoms with Gasteiger partial charge in [-0.25, -0.2) is 9.59 Å². The minimum Gasteiger partial charge on any atom is -0.472 e. The van der Waals surface area contributed by atoms with Crippen molar-refractivity contribution in [3.05, 3.63) is 47.5 Å². The van der Waals surface area contributed by atoms with E-state index in [-0.39, 0.29) is 24.8 Å². The van der Waals surface area contributed by atoms with Gasteiger partial charge in [-0.3, -0.25) is 9.59 Å². The Morgan fingerprint density at radius 2 is 1.87 bits per heavy atom. The minimum absolute atomic E-state index is 0.0524. The Balaban J connectivity index is 1.51. The van der Waals surface area contributed by atoms with Crippen molar-refractivity contribution in [2.24, 2.45) is 28.1 Å². The molecular weight excluding hydrogens is 692 g/mol. The molecule has 0 amide bonds. The fraction of sp³-hybridized carbons (Fsp3) is 0.692. The molecule has 0 unspecified atom stereocenters. The highest BCUT2D eigenvalue weighted by Gasteiger charge is 3.04. The number of carbonyl (C=O) groups is 4. The molecule has 2 N–H and O–H groups in total. The van der Waals surface area contributed by atoms with Crippen LogP contribution < -0.4 is 0 Å². The van der Waals surface area contributed by atoms with Crippen molar-refractivity contribution in [1.29, 1.82) is 0 Å². The van der Waals surface area contributed by atoms with E-state index in [1.807, 2.05) is 20.8 Å². The third-order valence-electron chi connectivity index (χ3n) is 14.7. The summed E-state index contributed by atoms with van der Waals surface area (Å²) in [6.45, 7) is 13.5. The summed E-state index contributed by atoms with van der Waals surface area (Å²) in [4.78, 5) is 54.8. The van der Waals surface area contributed by atoms with Crippen LogP contribution in [0.5, 0.6) is 0 Å². The molecule has 8 rings (SSSR count). The molecule has 4 saturated carbocycles. The number of cyclic esters (lactones) is 1. The highest BCUT2D eigenvalue weighted by Crippen LogP contribution is 2.88. The van der Waals surface area contributed by atoms with E-state index in [2.05, 4.69) is 0 Å². The van der Waals surface area contributed by atoms with Gasteiger partial charge < -0.3 is 47.8 Å². The molecule has 3 aliphatic heterocycles. The van der Waals surface area contributed by atoms with Gasteiger partial charge in [0.1, 0.15) is 23.4 Å². The van der Waals surface area contributed by atoms with Crippen LogP contribution >= 0.6 is 0 Å². The fourth-order valence-electron chi connectivity index (χ4n) is 12.4. The van der Waals surface area contributed by atoms with Crippen molar-refractivity contribution >= 4 is 23.9 Å². The number of esters is 4. The first-order chi connectivity index (χ1) is 24.8. The lowest BCUT2D eigenvalue weighted by atomic mass is 9.34. The van der Waals surface area contributed by atoms with Crippen LogP contribution in [0.4, 0.5) is 0 Å². The number of ether oxygens (including phenoxy) is 7. The first-order valence-corrected chi connectivity index (χ1v) is 18.3. The number of furan rings is 1. The summed E-state index contributed by atoms with van der Waals surface area (Å²) in [5.41, 5.74) is -11.5. The second kappa shape index (κ2) is 10.8. The summed E-state index contributed by atoms with van der Waals surface area (Å²) in [7, 11) is 1.25. The topological polar surface area (TPSA) is 186 Å². The maximum absolute atomic E-state index is 13.9. The molecule has 0 aromatic carbocycles. The summed E-state index contributed by atoms with van der Waals surface area (Å²) in [6.07, 6.45) is 0.337. The molecule has 4 aliphatic carbocycles. The lowest BCUT2D eigenvalue weighted by Gasteiger charge is -2.76. The van der Waals surface area contributed by atoms with Crippen LogP contribution in [0.25, 0.3) is 0 Å². The fourth-order valence-corrected chi connectivity index (χ4v) is 12.4. The second-order valence-electron chi connectivity index (χ2n) is 16.9. The number of hydrogen-bond acceptors (Lipinski definition) is 14. The van der Waals surface area contributed by atoms with E-state index in [9.17, 15) is 29.4 Å². The highest BCUT2D eigenvalue weighted by molar-refractivity contribution is 5.88. The summed E-state index contributed by atoms with van der Waals surface area (Å²) >= 11 is 0. The van der Waals surface area contributed by atoms with Crippen LogP contribution in [0.3, 0.4) is 0 Å². The zero-order valence-electron chi connectivity index (χ0n) is 31.5. The molecule has 288 valence electrons. The summed E-state index contributed by atoms with van der Waals surface area (Å²) < 4.78 is 51.0. The predicted molar refractivity (Wildman–Crippen MR) is 179 cm³/mol. The SMILES string of the molecule is C/C=C(\C)C(=O)O[C@H]1[C@]2(C)C[C@]3(O)[C@@]1(OC(C)=O)[C@H]1O[C@@]4([C@H](C)CC)O[C@@]5([C@H](O)C[C@]6(C)C(=CC(=O)O[C@H]6c6ccoc6)[C@@]15O4)[C@]3(C)[C@H]2CC(=O)OC. The van der Waals surface area contributed by atoms with Gasteiger partial charge in [0.15, 0.2) is 11.7 Å². The van der Waals surface area contributed by atoms with Crippen LogP contribution in [0.2, 0.25) is 0 Å². The van der Waals surface area contributed by atoms with Crippen LogP contribution in [0.1, 0.15) is 92.7 Å². The molecule has 1 aromatic rings. The van der Waals surface area contributed by atoms with Crippen molar-refractivity contribution in [1.82, 2.24) is 0 Å². The Morgan fingerprint density at radius 3 is 2.47 bits per heavy atom. The normalized spacial score (nSPS) is 49.0. The maximum Gasteiger partial charge on any atom is 0.333 e. The monoisotopic (exact) mass is 740 g/mol. The molecule has 6 fully saturated rings. The predicted octanol–water partition coefficient (Wildman–Crippen LogP) is 3.73. The average molecular weight is 741 g/mol. The summed E-state index contributed by atoms with van der Waals surface area (Å²) in [5.74, 6) is -6.30.